The van der Waals surface area contributed by atoms with Crippen LogP contribution in [0.3, 0.4) is 0 Å². The van der Waals surface area contributed by atoms with E-state index in [2.05, 4.69) is 5.32 Å². The van der Waals surface area contributed by atoms with E-state index in [1.807, 2.05) is 67.6 Å². The summed E-state index contributed by atoms with van der Waals surface area (Å²) < 4.78 is 31.9. The Bertz CT molecular complexity index is 1300. The number of nitrogens with zero attached hydrogens (tertiary/aromatic N) is 2. The molecule has 3 rings (SSSR count). The molecule has 0 saturated heterocycles. The predicted octanol–water partition coefficient (Wildman–Crippen LogP) is 4.02. The van der Waals surface area contributed by atoms with E-state index in [1.165, 1.54) is 12.0 Å². The maximum Gasteiger partial charge on any atom is 0.244 e. The largest absolute Gasteiger partial charge is 0.497 e. The quantitative estimate of drug-likeness (QED) is 0.306. The number of anilines is 1. The highest BCUT2D eigenvalue weighted by Crippen LogP contribution is 2.23. The van der Waals surface area contributed by atoms with Crippen molar-refractivity contribution in [3.05, 3.63) is 96.1 Å². The van der Waals surface area contributed by atoms with Crippen molar-refractivity contribution in [1.29, 1.82) is 0 Å². The Morgan fingerprint density at radius 1 is 0.897 bits per heavy atom. The molecule has 39 heavy (non-hydrogen) atoms. The number of sulfonamides is 1. The summed E-state index contributed by atoms with van der Waals surface area (Å²) in [6.45, 7) is 2.23. The summed E-state index contributed by atoms with van der Waals surface area (Å²) in [6, 6.07) is 24.5. The number of unbranched alkanes of at least 4 members (excludes halogenated alkanes) is 1. The molecule has 0 radical (unpaired) electrons. The number of rotatable bonds is 14. The van der Waals surface area contributed by atoms with E-state index in [9.17, 15) is 18.0 Å². The van der Waals surface area contributed by atoms with Gasteiger partial charge < -0.3 is 15.0 Å². The molecule has 3 aromatic rings. The zero-order valence-electron chi connectivity index (χ0n) is 22.7. The van der Waals surface area contributed by atoms with Gasteiger partial charge in [-0.05, 0) is 41.8 Å². The number of benzene rings is 3. The van der Waals surface area contributed by atoms with Crippen LogP contribution < -0.4 is 14.4 Å². The van der Waals surface area contributed by atoms with Crippen LogP contribution in [-0.4, -0.2) is 57.6 Å². The van der Waals surface area contributed by atoms with E-state index in [0.717, 1.165) is 34.5 Å². The Morgan fingerprint density at radius 3 is 2.03 bits per heavy atom. The third-order valence-electron chi connectivity index (χ3n) is 6.34. The van der Waals surface area contributed by atoms with Crippen molar-refractivity contribution in [3.8, 4) is 5.75 Å². The van der Waals surface area contributed by atoms with Crippen molar-refractivity contribution in [2.24, 2.45) is 0 Å². The maximum absolute atomic E-state index is 14.0. The number of amides is 2. The molecular formula is C30H37N3O5S. The lowest BCUT2D eigenvalue weighted by molar-refractivity contribution is -0.140. The fourth-order valence-electron chi connectivity index (χ4n) is 4.20. The highest BCUT2D eigenvalue weighted by Gasteiger charge is 2.32. The van der Waals surface area contributed by atoms with Gasteiger partial charge in [0.25, 0.3) is 0 Å². The zero-order valence-corrected chi connectivity index (χ0v) is 23.6. The van der Waals surface area contributed by atoms with Gasteiger partial charge in [-0.3, -0.25) is 13.9 Å². The van der Waals surface area contributed by atoms with Crippen molar-refractivity contribution in [2.45, 2.75) is 38.8 Å². The monoisotopic (exact) mass is 551 g/mol. The van der Waals surface area contributed by atoms with Crippen molar-refractivity contribution in [3.63, 3.8) is 0 Å². The number of nitrogens with one attached hydrogen (secondary N) is 1. The van der Waals surface area contributed by atoms with Gasteiger partial charge in [0.2, 0.25) is 21.8 Å². The van der Waals surface area contributed by atoms with Crippen LogP contribution in [0.15, 0.2) is 84.9 Å². The lowest BCUT2D eigenvalue weighted by atomic mass is 10.0. The number of carbonyl (C=O) groups excluding carboxylic acids is 2. The summed E-state index contributed by atoms with van der Waals surface area (Å²) in [5.74, 6) is -0.186. The number of ether oxygens (including phenoxy) is 1. The summed E-state index contributed by atoms with van der Waals surface area (Å²) in [5.41, 5.74) is 2.06. The standard InChI is InChI=1S/C30H37N3O5S/c1-4-5-20-31-30(35)28(21-24-12-8-6-9-13-24)32(22-25-14-10-7-11-15-25)29(34)23-33(39(3,36)37)26-16-18-27(38-2)19-17-26/h6-19,28H,4-5,20-23H2,1-3H3,(H,31,35)/t28-/m1/s1. The first-order valence-corrected chi connectivity index (χ1v) is 14.8. The average molecular weight is 552 g/mol. The molecular weight excluding hydrogens is 514 g/mol. The smallest absolute Gasteiger partial charge is 0.244 e. The molecule has 1 atom stereocenters. The molecule has 0 bridgehead atoms. The SMILES string of the molecule is CCCCNC(=O)[C@@H](Cc1ccccc1)N(Cc1ccccc1)C(=O)CN(c1ccc(OC)cc1)S(C)(=O)=O. The van der Waals surface area contributed by atoms with E-state index in [-0.39, 0.29) is 12.5 Å². The topological polar surface area (TPSA) is 96.0 Å². The van der Waals surface area contributed by atoms with E-state index >= 15 is 0 Å². The molecule has 3 aromatic carbocycles. The van der Waals surface area contributed by atoms with Gasteiger partial charge in [0.1, 0.15) is 18.3 Å². The maximum atomic E-state index is 14.0. The summed E-state index contributed by atoms with van der Waals surface area (Å²) in [6.07, 6.45) is 3.08. The third-order valence-corrected chi connectivity index (χ3v) is 7.48. The molecule has 0 aliphatic heterocycles. The van der Waals surface area contributed by atoms with Crippen molar-refractivity contribution >= 4 is 27.5 Å². The van der Waals surface area contributed by atoms with Crippen molar-refractivity contribution in [2.75, 3.05) is 30.8 Å². The van der Waals surface area contributed by atoms with Crippen LogP contribution in [0.1, 0.15) is 30.9 Å². The third kappa shape index (κ3) is 8.85. The van der Waals surface area contributed by atoms with Crippen LogP contribution in [0, 0.1) is 0 Å². The second-order valence-electron chi connectivity index (χ2n) is 9.32. The first kappa shape index (κ1) is 29.7. The molecule has 2 amide bonds. The van der Waals surface area contributed by atoms with Crippen LogP contribution in [0.4, 0.5) is 5.69 Å². The van der Waals surface area contributed by atoms with Gasteiger partial charge in [-0.2, -0.15) is 0 Å². The summed E-state index contributed by atoms with van der Waals surface area (Å²) in [7, 11) is -2.30. The van der Waals surface area contributed by atoms with Crippen LogP contribution in [0.25, 0.3) is 0 Å². The van der Waals surface area contributed by atoms with E-state index in [4.69, 9.17) is 4.74 Å². The van der Waals surface area contributed by atoms with Crippen LogP contribution in [0.5, 0.6) is 5.75 Å². The Kier molecular flexibility index (Phi) is 10.9. The van der Waals surface area contributed by atoms with Crippen molar-refractivity contribution < 1.29 is 22.7 Å². The van der Waals surface area contributed by atoms with Gasteiger partial charge in [-0.25, -0.2) is 8.42 Å². The molecule has 0 saturated carbocycles. The zero-order chi connectivity index (χ0) is 28.3. The van der Waals surface area contributed by atoms with Gasteiger partial charge in [-0.1, -0.05) is 74.0 Å². The van der Waals surface area contributed by atoms with Crippen molar-refractivity contribution in [1.82, 2.24) is 10.2 Å². The second kappa shape index (κ2) is 14.3. The minimum Gasteiger partial charge on any atom is -0.497 e. The Balaban J connectivity index is 2.00. The fraction of sp³-hybridized carbons (Fsp3) is 0.333. The second-order valence-corrected chi connectivity index (χ2v) is 11.2. The number of carbonyl (C=O) groups is 2. The summed E-state index contributed by atoms with van der Waals surface area (Å²) >= 11 is 0. The molecule has 208 valence electrons. The van der Waals surface area contributed by atoms with Gasteiger partial charge >= 0.3 is 0 Å². The van der Waals surface area contributed by atoms with E-state index in [1.54, 1.807) is 24.3 Å². The predicted molar refractivity (Wildman–Crippen MR) is 154 cm³/mol. The lowest BCUT2D eigenvalue weighted by Crippen LogP contribution is -2.53. The highest BCUT2D eigenvalue weighted by molar-refractivity contribution is 7.92. The molecule has 0 heterocycles. The fourth-order valence-corrected chi connectivity index (χ4v) is 5.05. The first-order chi connectivity index (χ1) is 18.7. The molecule has 9 heteroatoms. The normalized spacial score (nSPS) is 11.9. The van der Waals surface area contributed by atoms with E-state index < -0.39 is 28.5 Å². The van der Waals surface area contributed by atoms with Gasteiger partial charge in [0, 0.05) is 19.5 Å². The molecule has 0 fully saturated rings. The Morgan fingerprint density at radius 2 is 1.49 bits per heavy atom. The average Bonchev–Trinajstić information content (AvgIpc) is 2.94. The molecule has 0 aliphatic carbocycles. The Hall–Kier alpha value is -3.85. The highest BCUT2D eigenvalue weighted by atomic mass is 32.2. The molecule has 8 nitrogen and oxygen atoms in total. The molecule has 0 aromatic heterocycles. The van der Waals surface area contributed by atoms with Crippen LogP contribution >= 0.6 is 0 Å². The van der Waals surface area contributed by atoms with Crippen LogP contribution in [-0.2, 0) is 32.6 Å². The minimum absolute atomic E-state index is 0.151. The number of hydrogen-bond donors (Lipinski definition) is 1. The van der Waals surface area contributed by atoms with Crippen LogP contribution in [0.2, 0.25) is 0 Å². The molecule has 1 N–H and O–H groups in total. The summed E-state index contributed by atoms with van der Waals surface area (Å²) in [4.78, 5) is 29.0. The minimum atomic E-state index is -3.82. The number of hydrogen-bond acceptors (Lipinski definition) is 5. The summed E-state index contributed by atoms with van der Waals surface area (Å²) in [5, 5.41) is 2.97. The van der Waals surface area contributed by atoms with Gasteiger partial charge in [0.15, 0.2) is 0 Å². The molecule has 0 spiro atoms. The molecule has 0 aliphatic rings. The Labute approximate surface area is 231 Å². The van der Waals surface area contributed by atoms with E-state index in [0.29, 0.717) is 24.4 Å². The molecule has 0 unspecified atom stereocenters. The lowest BCUT2D eigenvalue weighted by Gasteiger charge is -2.33. The van der Waals surface area contributed by atoms with Gasteiger partial charge in [0.05, 0.1) is 19.1 Å². The first-order valence-electron chi connectivity index (χ1n) is 13.0. The van der Waals surface area contributed by atoms with Gasteiger partial charge in [-0.15, -0.1) is 0 Å². The number of methoxy groups -OCH3 is 1.